The summed E-state index contributed by atoms with van der Waals surface area (Å²) < 4.78 is 1.19. The van der Waals surface area contributed by atoms with Crippen LogP contribution in [0, 0.1) is 0 Å². The van der Waals surface area contributed by atoms with E-state index in [-0.39, 0.29) is 18.0 Å². The summed E-state index contributed by atoms with van der Waals surface area (Å²) in [7, 11) is 0. The molecule has 0 radical (unpaired) electrons. The molecule has 4 rings (SSSR count). The van der Waals surface area contributed by atoms with Gasteiger partial charge in [0, 0.05) is 45.2 Å². The number of nitrogens with zero attached hydrogens (tertiary/aromatic N) is 2. The van der Waals surface area contributed by atoms with Crippen molar-refractivity contribution in [3.05, 3.63) is 81.7 Å². The number of hydrogen-bond donors (Lipinski definition) is 2. The summed E-state index contributed by atoms with van der Waals surface area (Å²) in [6, 6.07) is 16.7. The average Bonchev–Trinajstić information content (AvgIpc) is 3.17. The lowest BCUT2D eigenvalue weighted by molar-refractivity contribution is -0.121. The molecule has 8 heteroatoms. The molecule has 0 spiro atoms. The zero-order chi connectivity index (χ0) is 21.8. The lowest BCUT2D eigenvalue weighted by Crippen LogP contribution is -2.34. The van der Waals surface area contributed by atoms with Crippen LogP contribution in [0.15, 0.2) is 70.5 Å². The molecule has 0 aliphatic carbocycles. The predicted octanol–water partition coefficient (Wildman–Crippen LogP) is 4.13. The lowest BCUT2D eigenvalue weighted by Gasteiger charge is -2.09. The maximum atomic E-state index is 12.4. The predicted molar refractivity (Wildman–Crippen MR) is 126 cm³/mol. The van der Waals surface area contributed by atoms with Gasteiger partial charge in [-0.15, -0.1) is 11.8 Å². The van der Waals surface area contributed by atoms with E-state index >= 15 is 0 Å². The van der Waals surface area contributed by atoms with Crippen LogP contribution in [0.5, 0.6) is 0 Å². The molecule has 0 bridgehead atoms. The number of benzene rings is 2. The molecule has 0 aliphatic heterocycles. The van der Waals surface area contributed by atoms with Gasteiger partial charge in [-0.1, -0.05) is 23.7 Å². The SMILES string of the molecule is CSc1ccc(-c2ccc(=O)n(CC(=O)NCCc3c[nH]c4ccc(Cl)cc34)n2)cc1. The summed E-state index contributed by atoms with van der Waals surface area (Å²) in [5.74, 6) is -0.262. The van der Waals surface area contributed by atoms with Crippen molar-refractivity contribution in [2.45, 2.75) is 17.9 Å². The van der Waals surface area contributed by atoms with Crippen LogP contribution in [0.2, 0.25) is 5.02 Å². The summed E-state index contributed by atoms with van der Waals surface area (Å²) in [4.78, 5) is 28.9. The van der Waals surface area contributed by atoms with Gasteiger partial charge in [0.25, 0.3) is 5.56 Å². The molecule has 0 fully saturated rings. The van der Waals surface area contributed by atoms with Crippen LogP contribution in [0.4, 0.5) is 0 Å². The fourth-order valence-electron chi connectivity index (χ4n) is 3.36. The van der Waals surface area contributed by atoms with Gasteiger partial charge in [-0.2, -0.15) is 5.10 Å². The highest BCUT2D eigenvalue weighted by atomic mass is 35.5. The third-order valence-electron chi connectivity index (χ3n) is 4.99. The minimum absolute atomic E-state index is 0.130. The number of hydrogen-bond acceptors (Lipinski definition) is 4. The molecule has 0 unspecified atom stereocenters. The van der Waals surface area contributed by atoms with E-state index in [9.17, 15) is 9.59 Å². The van der Waals surface area contributed by atoms with E-state index in [1.165, 1.54) is 10.7 Å². The molecule has 0 atom stereocenters. The van der Waals surface area contributed by atoms with Gasteiger partial charge in [0.05, 0.1) is 5.69 Å². The maximum Gasteiger partial charge on any atom is 0.267 e. The summed E-state index contributed by atoms with van der Waals surface area (Å²) in [5.41, 5.74) is 3.30. The second-order valence-corrected chi connectivity index (χ2v) is 8.36. The number of H-pyrrole nitrogens is 1. The van der Waals surface area contributed by atoms with Crippen molar-refractivity contribution >= 4 is 40.2 Å². The third-order valence-corrected chi connectivity index (χ3v) is 5.97. The Hall–Kier alpha value is -3.03. The normalized spacial score (nSPS) is 11.0. The number of thioether (sulfide) groups is 1. The van der Waals surface area contributed by atoms with Gasteiger partial charge in [0.15, 0.2) is 0 Å². The van der Waals surface area contributed by atoms with E-state index in [4.69, 9.17) is 11.6 Å². The van der Waals surface area contributed by atoms with E-state index in [0.29, 0.717) is 23.7 Å². The monoisotopic (exact) mass is 452 g/mol. The highest BCUT2D eigenvalue weighted by molar-refractivity contribution is 7.98. The first-order valence-electron chi connectivity index (χ1n) is 9.78. The molecule has 31 heavy (non-hydrogen) atoms. The molecule has 2 aromatic heterocycles. The van der Waals surface area contributed by atoms with E-state index in [0.717, 1.165) is 26.9 Å². The molecule has 0 aliphatic rings. The fraction of sp³-hybridized carbons (Fsp3) is 0.174. The average molecular weight is 453 g/mol. The number of aromatic nitrogens is 3. The number of aromatic amines is 1. The van der Waals surface area contributed by atoms with Gasteiger partial charge in [-0.3, -0.25) is 9.59 Å². The van der Waals surface area contributed by atoms with Crippen molar-refractivity contribution in [2.24, 2.45) is 0 Å². The third kappa shape index (κ3) is 5.00. The standard InChI is InChI=1S/C23H21ClN4O2S/c1-31-18-5-2-15(3-6-18)20-8-9-23(30)28(27-20)14-22(29)25-11-10-16-13-26-21-7-4-17(24)12-19(16)21/h2-9,12-13,26H,10-11,14H2,1H3,(H,25,29). The summed E-state index contributed by atoms with van der Waals surface area (Å²) in [6.45, 7) is 0.318. The van der Waals surface area contributed by atoms with E-state index < -0.39 is 0 Å². The van der Waals surface area contributed by atoms with Crippen molar-refractivity contribution in [2.75, 3.05) is 12.8 Å². The lowest BCUT2D eigenvalue weighted by atomic mass is 10.1. The van der Waals surface area contributed by atoms with E-state index in [2.05, 4.69) is 15.4 Å². The van der Waals surface area contributed by atoms with Crippen molar-refractivity contribution in [3.8, 4) is 11.3 Å². The number of halogens is 1. The molecular formula is C23H21ClN4O2S. The number of carbonyl (C=O) groups is 1. The molecule has 6 nitrogen and oxygen atoms in total. The number of nitrogens with one attached hydrogen (secondary N) is 2. The van der Waals surface area contributed by atoms with Gasteiger partial charge in [0.1, 0.15) is 6.54 Å². The zero-order valence-corrected chi connectivity index (χ0v) is 18.5. The Labute approximate surface area is 188 Å². The largest absolute Gasteiger partial charge is 0.361 e. The molecule has 2 N–H and O–H groups in total. The van der Waals surface area contributed by atoms with Gasteiger partial charge in [-0.05, 0) is 54.6 Å². The second kappa shape index (κ2) is 9.41. The zero-order valence-electron chi connectivity index (χ0n) is 16.9. The Morgan fingerprint density at radius 1 is 1.16 bits per heavy atom. The van der Waals surface area contributed by atoms with Crippen LogP contribution in [0.1, 0.15) is 5.56 Å². The van der Waals surface area contributed by atoms with Gasteiger partial charge in [0.2, 0.25) is 5.91 Å². The number of rotatable bonds is 7. The minimum atomic E-state index is -0.314. The molecule has 2 heterocycles. The highest BCUT2D eigenvalue weighted by Crippen LogP contribution is 2.23. The molecule has 4 aromatic rings. The molecular weight excluding hydrogens is 432 g/mol. The first-order chi connectivity index (χ1) is 15.0. The van der Waals surface area contributed by atoms with Crippen LogP contribution in [-0.4, -0.2) is 33.5 Å². The molecule has 1 amide bonds. The fourth-order valence-corrected chi connectivity index (χ4v) is 3.94. The van der Waals surface area contributed by atoms with Gasteiger partial charge >= 0.3 is 0 Å². The number of carbonyl (C=O) groups excluding carboxylic acids is 1. The number of amides is 1. The summed E-state index contributed by atoms with van der Waals surface area (Å²) in [5, 5.41) is 8.94. The van der Waals surface area contributed by atoms with Crippen LogP contribution in [0.25, 0.3) is 22.2 Å². The van der Waals surface area contributed by atoms with Crippen molar-refractivity contribution in [1.29, 1.82) is 0 Å². The van der Waals surface area contributed by atoms with Gasteiger partial charge < -0.3 is 10.3 Å². The molecule has 0 saturated carbocycles. The van der Waals surface area contributed by atoms with Crippen molar-refractivity contribution in [3.63, 3.8) is 0 Å². The Kier molecular flexibility index (Phi) is 6.44. The van der Waals surface area contributed by atoms with E-state index in [1.54, 1.807) is 17.8 Å². The first-order valence-corrected chi connectivity index (χ1v) is 11.4. The summed E-state index contributed by atoms with van der Waals surface area (Å²) >= 11 is 7.74. The second-order valence-electron chi connectivity index (χ2n) is 7.05. The maximum absolute atomic E-state index is 12.4. The van der Waals surface area contributed by atoms with Crippen LogP contribution >= 0.6 is 23.4 Å². The Morgan fingerprint density at radius 3 is 2.74 bits per heavy atom. The van der Waals surface area contributed by atoms with Crippen LogP contribution in [0.3, 0.4) is 0 Å². The van der Waals surface area contributed by atoms with Gasteiger partial charge in [-0.25, -0.2) is 4.68 Å². The topological polar surface area (TPSA) is 79.8 Å². The van der Waals surface area contributed by atoms with E-state index in [1.807, 2.05) is 54.9 Å². The minimum Gasteiger partial charge on any atom is -0.361 e. The Bertz CT molecular complexity index is 1280. The Balaban J connectivity index is 1.39. The Morgan fingerprint density at radius 2 is 1.97 bits per heavy atom. The highest BCUT2D eigenvalue weighted by Gasteiger charge is 2.09. The smallest absolute Gasteiger partial charge is 0.267 e. The van der Waals surface area contributed by atoms with Crippen LogP contribution in [-0.2, 0) is 17.8 Å². The summed E-state index contributed by atoms with van der Waals surface area (Å²) in [6.07, 6.45) is 4.58. The molecule has 0 saturated heterocycles. The first kappa shape index (κ1) is 21.2. The van der Waals surface area contributed by atoms with Crippen molar-refractivity contribution in [1.82, 2.24) is 20.1 Å². The number of fused-ring (bicyclic) bond motifs is 1. The van der Waals surface area contributed by atoms with Crippen molar-refractivity contribution < 1.29 is 4.79 Å². The van der Waals surface area contributed by atoms with Crippen LogP contribution < -0.4 is 10.9 Å². The molecule has 2 aromatic carbocycles. The quantitative estimate of drug-likeness (QED) is 0.413. The molecule has 158 valence electrons.